The predicted octanol–water partition coefficient (Wildman–Crippen LogP) is 4.36. The molecule has 0 fully saturated rings. The van der Waals surface area contributed by atoms with Gasteiger partial charge in [0.15, 0.2) is 0 Å². The highest BCUT2D eigenvalue weighted by Crippen LogP contribution is 2.04. The molecule has 0 aliphatic heterocycles. The fourth-order valence-corrected chi connectivity index (χ4v) is 1.20. The summed E-state index contributed by atoms with van der Waals surface area (Å²) >= 11 is 0. The van der Waals surface area contributed by atoms with Gasteiger partial charge >= 0.3 is 6.16 Å². The van der Waals surface area contributed by atoms with Crippen LogP contribution in [0.1, 0.15) is 52.4 Å². The maximum Gasteiger partial charge on any atom is 0.508 e. The van der Waals surface area contributed by atoms with Crippen LogP contribution in [0, 0.1) is 0 Å². The molecule has 0 bridgehead atoms. The van der Waals surface area contributed by atoms with E-state index in [0.717, 1.165) is 12.8 Å². The number of halogens is 2. The Labute approximate surface area is 111 Å². The summed E-state index contributed by atoms with van der Waals surface area (Å²) in [5, 5.41) is 0. The van der Waals surface area contributed by atoms with Gasteiger partial charge in [-0.1, -0.05) is 39.0 Å². The van der Waals surface area contributed by atoms with Gasteiger partial charge in [0.1, 0.15) is 0 Å². The summed E-state index contributed by atoms with van der Waals surface area (Å²) in [4.78, 5) is 10.7. The van der Waals surface area contributed by atoms with E-state index in [1.165, 1.54) is 25.7 Å². The summed E-state index contributed by atoms with van der Waals surface area (Å²) in [7, 11) is 0. The highest BCUT2D eigenvalue weighted by molar-refractivity contribution is 5.85. The first-order chi connectivity index (χ1) is 6.81. The zero-order valence-corrected chi connectivity index (χ0v) is 11.8. The molecule has 0 rings (SSSR count). The van der Waals surface area contributed by atoms with Crippen LogP contribution < -0.4 is 0 Å². The number of hydrogen-bond acceptors (Lipinski definition) is 3. The minimum Gasteiger partial charge on any atom is -0.435 e. The summed E-state index contributed by atoms with van der Waals surface area (Å²) in [5.41, 5.74) is 0. The minimum atomic E-state index is -0.541. The molecular formula is C11H24Cl2O3. The molecule has 0 aliphatic rings. The van der Waals surface area contributed by atoms with Gasteiger partial charge in [0, 0.05) is 0 Å². The van der Waals surface area contributed by atoms with E-state index in [4.69, 9.17) is 4.74 Å². The van der Waals surface area contributed by atoms with Crippen molar-refractivity contribution in [1.82, 2.24) is 0 Å². The van der Waals surface area contributed by atoms with Crippen LogP contribution in [0.4, 0.5) is 4.79 Å². The molecule has 0 aliphatic carbocycles. The van der Waals surface area contributed by atoms with Crippen molar-refractivity contribution < 1.29 is 14.3 Å². The second kappa shape index (κ2) is 17.3. The number of hydrogen-bond donors (Lipinski definition) is 0. The first-order valence-corrected chi connectivity index (χ1v) is 5.60. The van der Waals surface area contributed by atoms with Crippen molar-refractivity contribution >= 4 is 31.0 Å². The Bertz CT molecular complexity index is 143. The SMILES string of the molecule is CCCCCCCCOC(=O)OCC.Cl.Cl. The second-order valence-electron chi connectivity index (χ2n) is 3.30. The van der Waals surface area contributed by atoms with Crippen molar-refractivity contribution in [3.63, 3.8) is 0 Å². The predicted molar refractivity (Wildman–Crippen MR) is 70.8 cm³/mol. The van der Waals surface area contributed by atoms with Crippen LogP contribution in [0.15, 0.2) is 0 Å². The molecule has 0 radical (unpaired) electrons. The molecule has 0 unspecified atom stereocenters. The van der Waals surface area contributed by atoms with Gasteiger partial charge in [0.05, 0.1) is 13.2 Å². The van der Waals surface area contributed by atoms with Crippen molar-refractivity contribution in [3.8, 4) is 0 Å². The second-order valence-corrected chi connectivity index (χ2v) is 3.30. The van der Waals surface area contributed by atoms with Crippen LogP contribution in [-0.2, 0) is 9.47 Å². The maximum absolute atomic E-state index is 10.7. The summed E-state index contributed by atoms with van der Waals surface area (Å²) in [6, 6.07) is 0. The lowest BCUT2D eigenvalue weighted by Gasteiger charge is -2.03. The normalized spacial score (nSPS) is 8.62. The van der Waals surface area contributed by atoms with E-state index in [-0.39, 0.29) is 24.8 Å². The molecule has 0 saturated carbocycles. The summed E-state index contributed by atoms with van der Waals surface area (Å²) < 4.78 is 9.45. The van der Waals surface area contributed by atoms with Crippen LogP contribution in [0.3, 0.4) is 0 Å². The van der Waals surface area contributed by atoms with Crippen molar-refractivity contribution in [2.24, 2.45) is 0 Å². The summed E-state index contributed by atoms with van der Waals surface area (Å²) in [6.07, 6.45) is 6.64. The molecule has 0 aromatic rings. The smallest absolute Gasteiger partial charge is 0.435 e. The van der Waals surface area contributed by atoms with E-state index in [9.17, 15) is 4.79 Å². The van der Waals surface area contributed by atoms with Crippen LogP contribution in [0.25, 0.3) is 0 Å². The van der Waals surface area contributed by atoms with Gasteiger partial charge in [-0.25, -0.2) is 4.79 Å². The molecule has 0 aromatic carbocycles. The molecule has 0 amide bonds. The number of unbranched alkanes of at least 4 members (excludes halogenated alkanes) is 5. The molecule has 0 aromatic heterocycles. The molecule has 0 N–H and O–H groups in total. The number of ether oxygens (including phenoxy) is 2. The van der Waals surface area contributed by atoms with Crippen molar-refractivity contribution in [2.45, 2.75) is 52.4 Å². The van der Waals surface area contributed by atoms with Crippen molar-refractivity contribution in [3.05, 3.63) is 0 Å². The third-order valence-electron chi connectivity index (χ3n) is 1.98. The minimum absolute atomic E-state index is 0. The molecule has 16 heavy (non-hydrogen) atoms. The molecule has 0 saturated heterocycles. The first kappa shape index (κ1) is 21.2. The molecule has 5 heteroatoms. The monoisotopic (exact) mass is 274 g/mol. The van der Waals surface area contributed by atoms with Gasteiger partial charge in [-0.15, -0.1) is 24.8 Å². The Morgan fingerprint density at radius 2 is 1.44 bits per heavy atom. The number of rotatable bonds is 8. The van der Waals surface area contributed by atoms with Crippen LogP contribution in [0.2, 0.25) is 0 Å². The van der Waals surface area contributed by atoms with E-state index in [1.807, 2.05) is 0 Å². The topological polar surface area (TPSA) is 35.5 Å². The fourth-order valence-electron chi connectivity index (χ4n) is 1.20. The molecule has 3 nitrogen and oxygen atoms in total. The molecule has 0 heterocycles. The first-order valence-electron chi connectivity index (χ1n) is 5.60. The number of carbonyl (C=O) groups is 1. The Hall–Kier alpha value is -0.150. The zero-order chi connectivity index (χ0) is 10.6. The largest absolute Gasteiger partial charge is 0.508 e. The van der Waals surface area contributed by atoms with Crippen molar-refractivity contribution in [1.29, 1.82) is 0 Å². The Morgan fingerprint density at radius 1 is 0.875 bits per heavy atom. The highest BCUT2D eigenvalue weighted by Gasteiger charge is 2.00. The Balaban J connectivity index is -0.000000845. The Morgan fingerprint density at radius 3 is 2.00 bits per heavy atom. The van der Waals surface area contributed by atoms with E-state index < -0.39 is 6.16 Å². The third kappa shape index (κ3) is 16.3. The van der Waals surface area contributed by atoms with E-state index in [1.54, 1.807) is 6.92 Å². The van der Waals surface area contributed by atoms with Gasteiger partial charge < -0.3 is 9.47 Å². The molecular weight excluding hydrogens is 251 g/mol. The zero-order valence-electron chi connectivity index (χ0n) is 10.2. The molecule has 100 valence electrons. The van der Waals surface area contributed by atoms with Gasteiger partial charge in [-0.05, 0) is 13.3 Å². The van der Waals surface area contributed by atoms with Gasteiger partial charge in [-0.2, -0.15) is 0 Å². The average molecular weight is 275 g/mol. The van der Waals surface area contributed by atoms with Gasteiger partial charge in [-0.3, -0.25) is 0 Å². The van der Waals surface area contributed by atoms with Crippen LogP contribution in [-0.4, -0.2) is 19.4 Å². The van der Waals surface area contributed by atoms with E-state index in [2.05, 4.69) is 11.7 Å². The van der Waals surface area contributed by atoms with Crippen molar-refractivity contribution in [2.75, 3.05) is 13.2 Å². The molecule has 0 atom stereocenters. The van der Waals surface area contributed by atoms with Crippen LogP contribution in [0.5, 0.6) is 0 Å². The lowest BCUT2D eigenvalue weighted by Crippen LogP contribution is -2.07. The van der Waals surface area contributed by atoms with Gasteiger partial charge in [0.2, 0.25) is 0 Å². The van der Waals surface area contributed by atoms with Gasteiger partial charge in [0.25, 0.3) is 0 Å². The van der Waals surface area contributed by atoms with Crippen LogP contribution >= 0.6 is 24.8 Å². The fraction of sp³-hybridized carbons (Fsp3) is 0.909. The third-order valence-corrected chi connectivity index (χ3v) is 1.98. The summed E-state index contributed by atoms with van der Waals surface area (Å²) in [6.45, 7) is 4.84. The van der Waals surface area contributed by atoms with E-state index >= 15 is 0 Å². The molecule has 0 spiro atoms. The average Bonchev–Trinajstić information content (AvgIpc) is 2.17. The Kier molecular flexibility index (Phi) is 22.8. The maximum atomic E-state index is 10.7. The number of carbonyl (C=O) groups excluding carboxylic acids is 1. The lowest BCUT2D eigenvalue weighted by molar-refractivity contribution is 0.0578. The van der Waals surface area contributed by atoms with E-state index in [0.29, 0.717) is 13.2 Å². The summed E-state index contributed by atoms with van der Waals surface area (Å²) in [5.74, 6) is 0. The standard InChI is InChI=1S/C11H22O3.2ClH/c1-3-5-6-7-8-9-10-14-11(12)13-4-2;;/h3-10H2,1-2H3;2*1H. The highest BCUT2D eigenvalue weighted by atomic mass is 35.5. The quantitative estimate of drug-likeness (QED) is 0.487. The lowest BCUT2D eigenvalue weighted by atomic mass is 10.1.